The summed E-state index contributed by atoms with van der Waals surface area (Å²) in [5, 5.41) is 12.1. The standard InChI is InChI=1S/C17H23N5O/c1-21-15(9-10-18-21)17(23)19-14-8-4-5-12-11-22(20-16(12)14)13-6-2-3-7-13/h9-11,13-14H,2-8H2,1H3,(H,19,23). The van der Waals surface area contributed by atoms with Gasteiger partial charge in [-0.3, -0.25) is 14.2 Å². The first-order valence-corrected chi connectivity index (χ1v) is 8.59. The molecule has 6 nitrogen and oxygen atoms in total. The van der Waals surface area contributed by atoms with Crippen LogP contribution in [-0.2, 0) is 13.5 Å². The van der Waals surface area contributed by atoms with Gasteiger partial charge in [-0.25, -0.2) is 0 Å². The van der Waals surface area contributed by atoms with Crippen LogP contribution in [-0.4, -0.2) is 25.5 Å². The van der Waals surface area contributed by atoms with Crippen molar-refractivity contribution in [1.82, 2.24) is 24.9 Å². The molecule has 2 heterocycles. The van der Waals surface area contributed by atoms with Crippen LogP contribution < -0.4 is 5.32 Å². The number of carbonyl (C=O) groups is 1. The number of hydrogen-bond acceptors (Lipinski definition) is 3. The van der Waals surface area contributed by atoms with Crippen LogP contribution in [0.4, 0.5) is 0 Å². The maximum absolute atomic E-state index is 12.5. The van der Waals surface area contributed by atoms with Crippen molar-refractivity contribution in [1.29, 1.82) is 0 Å². The van der Waals surface area contributed by atoms with Crippen molar-refractivity contribution in [2.45, 2.75) is 57.0 Å². The van der Waals surface area contributed by atoms with Crippen molar-refractivity contribution in [3.05, 3.63) is 35.4 Å². The maximum Gasteiger partial charge on any atom is 0.270 e. The van der Waals surface area contributed by atoms with E-state index in [1.807, 2.05) is 0 Å². The van der Waals surface area contributed by atoms with Gasteiger partial charge in [0, 0.05) is 19.4 Å². The van der Waals surface area contributed by atoms with E-state index in [9.17, 15) is 4.79 Å². The molecule has 0 bridgehead atoms. The molecule has 2 aliphatic carbocycles. The lowest BCUT2D eigenvalue weighted by Crippen LogP contribution is -2.32. The molecule has 1 amide bonds. The van der Waals surface area contributed by atoms with E-state index in [-0.39, 0.29) is 11.9 Å². The zero-order valence-electron chi connectivity index (χ0n) is 13.5. The summed E-state index contributed by atoms with van der Waals surface area (Å²) in [5.41, 5.74) is 2.96. The molecule has 2 aliphatic rings. The number of nitrogens with zero attached hydrogens (tertiary/aromatic N) is 4. The Morgan fingerprint density at radius 1 is 1.26 bits per heavy atom. The number of rotatable bonds is 3. The molecule has 23 heavy (non-hydrogen) atoms. The second-order valence-corrected chi connectivity index (χ2v) is 6.72. The lowest BCUT2D eigenvalue weighted by atomic mass is 9.93. The predicted octanol–water partition coefficient (Wildman–Crippen LogP) is 2.54. The van der Waals surface area contributed by atoms with Crippen molar-refractivity contribution < 1.29 is 4.79 Å². The average Bonchev–Trinajstić information content (AvgIpc) is 3.27. The van der Waals surface area contributed by atoms with Gasteiger partial charge in [-0.2, -0.15) is 10.2 Å². The van der Waals surface area contributed by atoms with Gasteiger partial charge in [0.15, 0.2) is 0 Å². The van der Waals surface area contributed by atoms with Gasteiger partial charge in [-0.1, -0.05) is 12.8 Å². The maximum atomic E-state index is 12.5. The van der Waals surface area contributed by atoms with E-state index in [0.29, 0.717) is 11.7 Å². The Hall–Kier alpha value is -2.11. The first-order chi connectivity index (χ1) is 11.2. The van der Waals surface area contributed by atoms with Crippen molar-refractivity contribution in [2.24, 2.45) is 7.05 Å². The van der Waals surface area contributed by atoms with Gasteiger partial charge in [-0.05, 0) is 43.7 Å². The summed E-state index contributed by atoms with van der Waals surface area (Å²) in [6.45, 7) is 0. The molecule has 1 N–H and O–H groups in total. The Kier molecular flexibility index (Phi) is 3.67. The average molecular weight is 313 g/mol. The highest BCUT2D eigenvalue weighted by molar-refractivity contribution is 5.92. The topological polar surface area (TPSA) is 64.7 Å². The van der Waals surface area contributed by atoms with Crippen molar-refractivity contribution >= 4 is 5.91 Å². The molecule has 1 fully saturated rings. The monoisotopic (exact) mass is 313 g/mol. The van der Waals surface area contributed by atoms with Gasteiger partial charge in [0.05, 0.1) is 17.8 Å². The van der Waals surface area contributed by atoms with Crippen LogP contribution in [0.15, 0.2) is 18.5 Å². The molecule has 0 radical (unpaired) electrons. The van der Waals surface area contributed by atoms with E-state index in [1.54, 1.807) is 24.0 Å². The zero-order valence-corrected chi connectivity index (χ0v) is 13.5. The molecular weight excluding hydrogens is 290 g/mol. The van der Waals surface area contributed by atoms with Crippen LogP contribution in [0.5, 0.6) is 0 Å². The summed E-state index contributed by atoms with van der Waals surface area (Å²) in [6, 6.07) is 2.31. The minimum absolute atomic E-state index is 0.0174. The molecule has 0 spiro atoms. The molecule has 6 heteroatoms. The number of fused-ring (bicyclic) bond motifs is 1. The minimum Gasteiger partial charge on any atom is -0.342 e. The first kappa shape index (κ1) is 14.5. The summed E-state index contributed by atoms with van der Waals surface area (Å²) < 4.78 is 3.77. The Morgan fingerprint density at radius 3 is 2.83 bits per heavy atom. The summed E-state index contributed by atoms with van der Waals surface area (Å²) in [5.74, 6) is -0.0710. The van der Waals surface area contributed by atoms with E-state index < -0.39 is 0 Å². The molecule has 0 saturated heterocycles. The molecule has 122 valence electrons. The van der Waals surface area contributed by atoms with E-state index in [1.165, 1.54) is 31.2 Å². The minimum atomic E-state index is -0.0710. The smallest absolute Gasteiger partial charge is 0.270 e. The Balaban J connectivity index is 1.55. The second-order valence-electron chi connectivity index (χ2n) is 6.72. The molecule has 1 atom stereocenters. The fourth-order valence-electron chi connectivity index (χ4n) is 3.89. The van der Waals surface area contributed by atoms with Crippen LogP contribution in [0.3, 0.4) is 0 Å². The van der Waals surface area contributed by atoms with Gasteiger partial charge in [0.25, 0.3) is 5.91 Å². The molecule has 2 aromatic heterocycles. The van der Waals surface area contributed by atoms with Gasteiger partial charge in [0.1, 0.15) is 5.69 Å². The Labute approximate surface area is 135 Å². The third kappa shape index (κ3) is 2.66. The van der Waals surface area contributed by atoms with Crippen LogP contribution in [0.1, 0.15) is 72.4 Å². The van der Waals surface area contributed by atoms with Gasteiger partial charge in [0.2, 0.25) is 0 Å². The number of carbonyl (C=O) groups excluding carboxylic acids is 1. The largest absolute Gasteiger partial charge is 0.342 e. The molecular formula is C17H23N5O. The summed E-state index contributed by atoms with van der Waals surface area (Å²) >= 11 is 0. The molecule has 0 aromatic carbocycles. The van der Waals surface area contributed by atoms with Crippen LogP contribution in [0, 0.1) is 0 Å². The van der Waals surface area contributed by atoms with Gasteiger partial charge in [-0.15, -0.1) is 0 Å². The lowest BCUT2D eigenvalue weighted by molar-refractivity contribution is 0.0922. The zero-order chi connectivity index (χ0) is 15.8. The van der Waals surface area contributed by atoms with Gasteiger partial charge >= 0.3 is 0 Å². The normalized spacial score (nSPS) is 21.3. The van der Waals surface area contributed by atoms with E-state index >= 15 is 0 Å². The molecule has 1 saturated carbocycles. The molecule has 1 unspecified atom stereocenters. The SMILES string of the molecule is Cn1nccc1C(=O)NC1CCCc2cn(C3CCCC3)nc21. The Morgan fingerprint density at radius 2 is 2.09 bits per heavy atom. The van der Waals surface area contributed by atoms with Crippen LogP contribution in [0.25, 0.3) is 0 Å². The van der Waals surface area contributed by atoms with Crippen molar-refractivity contribution in [3.8, 4) is 0 Å². The van der Waals surface area contributed by atoms with Crippen LogP contribution in [0.2, 0.25) is 0 Å². The Bertz CT molecular complexity index is 710. The fourth-order valence-corrected chi connectivity index (χ4v) is 3.89. The van der Waals surface area contributed by atoms with Gasteiger partial charge < -0.3 is 5.32 Å². The first-order valence-electron chi connectivity index (χ1n) is 8.59. The quantitative estimate of drug-likeness (QED) is 0.947. The van der Waals surface area contributed by atoms with E-state index in [4.69, 9.17) is 5.10 Å². The van der Waals surface area contributed by atoms with Crippen molar-refractivity contribution in [2.75, 3.05) is 0 Å². The molecule has 2 aromatic rings. The fraction of sp³-hybridized carbons (Fsp3) is 0.588. The third-order valence-electron chi connectivity index (χ3n) is 5.17. The number of amides is 1. The second kappa shape index (κ2) is 5.83. The highest BCUT2D eigenvalue weighted by Gasteiger charge is 2.28. The predicted molar refractivity (Wildman–Crippen MR) is 86.1 cm³/mol. The number of aryl methyl sites for hydroxylation is 2. The highest BCUT2D eigenvalue weighted by Crippen LogP contribution is 2.33. The number of hydrogen-bond donors (Lipinski definition) is 1. The number of nitrogens with one attached hydrogen (secondary N) is 1. The third-order valence-corrected chi connectivity index (χ3v) is 5.17. The number of aromatic nitrogens is 4. The molecule has 0 aliphatic heterocycles. The lowest BCUT2D eigenvalue weighted by Gasteiger charge is -2.22. The van der Waals surface area contributed by atoms with Crippen molar-refractivity contribution in [3.63, 3.8) is 0 Å². The van der Waals surface area contributed by atoms with Crippen LogP contribution >= 0.6 is 0 Å². The summed E-state index contributed by atoms with van der Waals surface area (Å²) in [6.07, 6.45) is 12.0. The van der Waals surface area contributed by atoms with E-state index in [2.05, 4.69) is 21.3 Å². The highest BCUT2D eigenvalue weighted by atomic mass is 16.2. The summed E-state index contributed by atoms with van der Waals surface area (Å²) in [7, 11) is 1.79. The van der Waals surface area contributed by atoms with E-state index in [0.717, 1.165) is 25.0 Å². The summed E-state index contributed by atoms with van der Waals surface area (Å²) in [4.78, 5) is 12.5. The molecule has 4 rings (SSSR count).